The average Bonchev–Trinajstić information content (AvgIpc) is 3.01. The first-order valence-corrected chi connectivity index (χ1v) is 15.5. The van der Waals surface area contributed by atoms with Gasteiger partial charge < -0.3 is 20.6 Å². The van der Waals surface area contributed by atoms with Crippen LogP contribution in [0.1, 0.15) is 43.7 Å². The first-order valence-electron chi connectivity index (χ1n) is 15.5. The molecule has 0 bridgehead atoms. The number of aliphatic imine (C=N–C) groups is 1. The van der Waals surface area contributed by atoms with Crippen LogP contribution < -0.4 is 5.32 Å². The molecule has 1 aliphatic rings. The predicted octanol–water partition coefficient (Wildman–Crippen LogP) is 2.35. The van der Waals surface area contributed by atoms with Crippen molar-refractivity contribution < 1.29 is 43.4 Å². The number of benzene rings is 1. The van der Waals surface area contributed by atoms with E-state index in [0.29, 0.717) is 43.6 Å². The number of nitrogens with zero attached hydrogens (tertiary/aromatic N) is 4. The molecule has 1 aromatic rings. The molecule has 15 heteroatoms. The molecule has 14 nitrogen and oxygen atoms in total. The summed E-state index contributed by atoms with van der Waals surface area (Å²) in [6, 6.07) is 3.96. The highest BCUT2D eigenvalue weighted by Gasteiger charge is 2.30. The molecule has 1 aromatic carbocycles. The maximum atomic E-state index is 14.4. The lowest BCUT2D eigenvalue weighted by atomic mass is 10.0. The lowest BCUT2D eigenvalue weighted by molar-refractivity contribution is -0.870. The van der Waals surface area contributed by atoms with Crippen molar-refractivity contribution in [2.45, 2.75) is 39.2 Å². The molecule has 260 valence electrons. The van der Waals surface area contributed by atoms with Crippen LogP contribution >= 0.6 is 0 Å². The van der Waals surface area contributed by atoms with E-state index >= 15 is 0 Å². The second kappa shape index (κ2) is 19.8. The Bertz CT molecular complexity index is 1470. The summed E-state index contributed by atoms with van der Waals surface area (Å²) in [5.41, 5.74) is 1.94. The van der Waals surface area contributed by atoms with Crippen LogP contribution in [0.2, 0.25) is 0 Å². The fourth-order valence-corrected chi connectivity index (χ4v) is 5.32. The van der Waals surface area contributed by atoms with E-state index in [1.54, 1.807) is 28.9 Å². The van der Waals surface area contributed by atoms with Crippen molar-refractivity contribution in [2.24, 2.45) is 4.99 Å². The molecule has 48 heavy (non-hydrogen) atoms. The number of amidine groups is 1. The van der Waals surface area contributed by atoms with Crippen LogP contribution in [0.15, 0.2) is 53.7 Å². The summed E-state index contributed by atoms with van der Waals surface area (Å²) in [6.07, 6.45) is 5.60. The number of amides is 1. The highest BCUT2D eigenvalue weighted by Crippen LogP contribution is 2.18. The maximum Gasteiger partial charge on any atom is 0.359 e. The number of carboxylic acid groups (broad SMARTS) is 3. The van der Waals surface area contributed by atoms with Crippen LogP contribution in [0, 0.1) is 16.6 Å². The molecule has 1 atom stereocenters. The molecule has 2 rings (SSSR count). The number of carbonyl (C=O) groups is 4. The van der Waals surface area contributed by atoms with Gasteiger partial charge in [-0.05, 0) is 49.6 Å². The van der Waals surface area contributed by atoms with Crippen LogP contribution in [0.5, 0.6) is 0 Å². The van der Waals surface area contributed by atoms with Crippen LogP contribution in [-0.2, 0) is 25.7 Å². The van der Waals surface area contributed by atoms with Gasteiger partial charge in [0.1, 0.15) is 5.82 Å². The minimum Gasteiger partial charge on any atom is -0.481 e. The van der Waals surface area contributed by atoms with Gasteiger partial charge in [0.2, 0.25) is 5.91 Å². The molecule has 0 aromatic heterocycles. The van der Waals surface area contributed by atoms with E-state index in [9.17, 15) is 38.9 Å². The third-order valence-electron chi connectivity index (χ3n) is 7.83. The predicted molar refractivity (Wildman–Crippen MR) is 178 cm³/mol. The van der Waals surface area contributed by atoms with Gasteiger partial charge in [-0.25, -0.2) is 14.2 Å². The number of quaternary nitrogens is 1. The van der Waals surface area contributed by atoms with Crippen molar-refractivity contribution in [1.29, 1.82) is 10.8 Å². The molecule has 1 amide bonds. The summed E-state index contributed by atoms with van der Waals surface area (Å²) < 4.78 is 14.2. The van der Waals surface area contributed by atoms with E-state index in [-0.39, 0.29) is 74.7 Å². The van der Waals surface area contributed by atoms with Crippen LogP contribution in [-0.4, -0.2) is 130 Å². The van der Waals surface area contributed by atoms with Crippen molar-refractivity contribution in [3.63, 3.8) is 0 Å². The standard InChI is InChI=1S/C33H44FN7O7/c1-3-24(2)38-33(36)27-17-26(18-28(34)19-27)20-37-29(42)21-40-12-11-39(22-31(45)46)10-8-25(6-7-30(43)44)5-4-14-41(15-9-35,16-13-40)23-32(47)48/h3,6,15,17-19,35-36H,1,4-5,7-8,10-14,16,20-23H2,2H3,(H3-,37,42,43,44,45,46,47,48)/p+1/b25-6-,36-33?,38-24?. The Morgan fingerprint density at radius 3 is 2.35 bits per heavy atom. The quantitative estimate of drug-likeness (QED) is 0.0787. The minimum absolute atomic E-state index is 0.0407. The normalized spacial score (nSPS) is 19.5. The van der Waals surface area contributed by atoms with Crippen LogP contribution in [0.4, 0.5) is 4.39 Å². The molecular weight excluding hydrogens is 625 g/mol. The average molecular weight is 671 g/mol. The van der Waals surface area contributed by atoms with E-state index in [1.165, 1.54) is 24.4 Å². The SMILES string of the molecule is C=CC(C)=NC(=N)c1cc(F)cc(CNC(=O)CN2CCN(CC(=O)O)CC/C(=C\CC(=O)O)CCC[N+](C=C=N)(CC(=O)O)CC2)c1. The van der Waals surface area contributed by atoms with Gasteiger partial charge >= 0.3 is 17.9 Å². The molecule has 6 N–H and O–H groups in total. The Labute approximate surface area is 279 Å². The largest absolute Gasteiger partial charge is 0.481 e. The van der Waals surface area contributed by atoms with E-state index < -0.39 is 29.6 Å². The molecule has 1 heterocycles. The monoisotopic (exact) mass is 670 g/mol. The zero-order valence-electron chi connectivity index (χ0n) is 27.2. The molecule has 1 aliphatic heterocycles. The van der Waals surface area contributed by atoms with Gasteiger partial charge in [0.05, 0.1) is 32.6 Å². The topological polar surface area (TPSA) is 208 Å². The number of nitrogens with one attached hydrogen (secondary N) is 3. The maximum absolute atomic E-state index is 14.4. The molecule has 0 radical (unpaired) electrons. The summed E-state index contributed by atoms with van der Waals surface area (Å²) in [4.78, 5) is 55.5. The third-order valence-corrected chi connectivity index (χ3v) is 7.83. The zero-order valence-corrected chi connectivity index (χ0v) is 27.2. The molecule has 0 saturated carbocycles. The van der Waals surface area contributed by atoms with E-state index in [0.717, 1.165) is 5.57 Å². The van der Waals surface area contributed by atoms with Crippen LogP contribution in [0.3, 0.4) is 0 Å². The number of rotatable bonds is 13. The number of hydrogen-bond acceptors (Lipinski definition) is 8. The van der Waals surface area contributed by atoms with E-state index in [1.807, 2.05) is 0 Å². The Balaban J connectivity index is 2.31. The van der Waals surface area contributed by atoms with Gasteiger partial charge in [-0.2, -0.15) is 0 Å². The minimum atomic E-state index is -1.09. The van der Waals surface area contributed by atoms with E-state index in [2.05, 4.69) is 22.8 Å². The summed E-state index contributed by atoms with van der Waals surface area (Å²) >= 11 is 0. The lowest BCUT2D eigenvalue weighted by Gasteiger charge is -2.35. The second-order valence-corrected chi connectivity index (χ2v) is 11.7. The molecule has 1 saturated heterocycles. The Kier molecular flexibility index (Phi) is 16.2. The van der Waals surface area contributed by atoms with Crippen molar-refractivity contribution in [1.82, 2.24) is 15.1 Å². The lowest BCUT2D eigenvalue weighted by Crippen LogP contribution is -2.52. The van der Waals surface area contributed by atoms with Crippen molar-refractivity contribution in [3.05, 3.63) is 65.6 Å². The molecular formula is C33H45FN7O7+. The number of carboxylic acids is 3. The molecule has 1 fully saturated rings. The van der Waals surface area contributed by atoms with Crippen molar-refractivity contribution in [2.75, 3.05) is 58.9 Å². The van der Waals surface area contributed by atoms with Gasteiger partial charge in [0, 0.05) is 56.3 Å². The second-order valence-electron chi connectivity index (χ2n) is 11.7. The smallest absolute Gasteiger partial charge is 0.359 e. The number of carbonyl (C=O) groups excluding carboxylic acids is 1. The van der Waals surface area contributed by atoms with Crippen molar-refractivity contribution in [3.8, 4) is 0 Å². The number of aliphatic carboxylic acids is 3. The first kappa shape index (κ1) is 39.4. The van der Waals surface area contributed by atoms with Gasteiger partial charge in [0.25, 0.3) is 0 Å². The highest BCUT2D eigenvalue weighted by molar-refractivity contribution is 6.07. The van der Waals surface area contributed by atoms with Gasteiger partial charge in [-0.15, -0.1) is 0 Å². The van der Waals surface area contributed by atoms with Crippen molar-refractivity contribution >= 4 is 41.2 Å². The highest BCUT2D eigenvalue weighted by atomic mass is 19.1. The first-order chi connectivity index (χ1) is 22.7. The number of allylic oxidation sites excluding steroid dienone is 1. The molecule has 1 unspecified atom stereocenters. The summed E-state index contributed by atoms with van der Waals surface area (Å²) in [5, 5.41) is 47.0. The Morgan fingerprint density at radius 2 is 1.73 bits per heavy atom. The number of halogens is 1. The van der Waals surface area contributed by atoms with Gasteiger partial charge in [-0.3, -0.25) is 39.5 Å². The van der Waals surface area contributed by atoms with Crippen LogP contribution in [0.25, 0.3) is 0 Å². The Morgan fingerprint density at radius 1 is 1.02 bits per heavy atom. The van der Waals surface area contributed by atoms with Gasteiger partial charge in [-0.1, -0.05) is 18.2 Å². The third kappa shape index (κ3) is 14.7. The summed E-state index contributed by atoms with van der Waals surface area (Å²) in [5.74, 6) is -2.08. The summed E-state index contributed by atoms with van der Waals surface area (Å²) in [6.45, 7) is 6.06. The fraction of sp³-hybridized carbons (Fsp3) is 0.455. The molecule has 0 aliphatic carbocycles. The van der Waals surface area contributed by atoms with E-state index in [4.69, 9.17) is 10.8 Å². The zero-order chi connectivity index (χ0) is 35.7. The molecule has 0 spiro atoms. The fourth-order valence-electron chi connectivity index (χ4n) is 5.32. The van der Waals surface area contributed by atoms with Gasteiger partial charge in [0.15, 0.2) is 18.6 Å². The number of hydrogen-bond donors (Lipinski definition) is 6. The summed E-state index contributed by atoms with van der Waals surface area (Å²) in [7, 11) is 0. The Hall–Kier alpha value is -4.82.